The van der Waals surface area contributed by atoms with Gasteiger partial charge < -0.3 is 4.98 Å². The second-order valence-corrected chi connectivity index (χ2v) is 10.9. The Bertz CT molecular complexity index is 1130. The van der Waals surface area contributed by atoms with Crippen molar-refractivity contribution in [1.29, 1.82) is 0 Å². The van der Waals surface area contributed by atoms with Crippen LogP contribution >= 0.6 is 27.3 Å². The van der Waals surface area contributed by atoms with Crippen molar-refractivity contribution >= 4 is 50.1 Å². The van der Waals surface area contributed by atoms with Crippen molar-refractivity contribution in [3.63, 3.8) is 0 Å². The normalized spacial score (nSPS) is 22.1. The molecule has 1 saturated heterocycles. The van der Waals surface area contributed by atoms with Crippen LogP contribution in [0.5, 0.6) is 0 Å². The van der Waals surface area contributed by atoms with Crippen LogP contribution in [0.1, 0.15) is 42.9 Å². The van der Waals surface area contributed by atoms with Gasteiger partial charge in [-0.1, -0.05) is 18.2 Å². The summed E-state index contributed by atoms with van der Waals surface area (Å²) in [6, 6.07) is 11.2. The van der Waals surface area contributed by atoms with E-state index in [4.69, 9.17) is 0 Å². The Morgan fingerprint density at radius 2 is 1.89 bits per heavy atom. The van der Waals surface area contributed by atoms with Crippen LogP contribution in [0, 0.1) is 0 Å². The van der Waals surface area contributed by atoms with Crippen molar-refractivity contribution in [2.24, 2.45) is 0 Å². The van der Waals surface area contributed by atoms with Gasteiger partial charge in [-0.2, -0.15) is 0 Å². The maximum Gasteiger partial charge on any atom is 0.328 e. The molecular formula is C21H20BrN3O2S. The summed E-state index contributed by atoms with van der Waals surface area (Å²) in [5.41, 5.74) is 2.65. The number of amides is 3. The van der Waals surface area contributed by atoms with Crippen LogP contribution in [0.3, 0.4) is 0 Å². The van der Waals surface area contributed by atoms with Gasteiger partial charge in [0.1, 0.15) is 12.1 Å². The number of halogens is 1. The van der Waals surface area contributed by atoms with E-state index in [-0.39, 0.29) is 18.0 Å². The molecule has 5 nitrogen and oxygen atoms in total. The molecular weight excluding hydrogens is 438 g/mol. The highest BCUT2D eigenvalue weighted by Gasteiger charge is 2.55. The molecule has 3 amide bonds. The Labute approximate surface area is 175 Å². The molecule has 0 spiro atoms. The Balaban J connectivity index is 1.74. The highest BCUT2D eigenvalue weighted by molar-refractivity contribution is 9.11. The van der Waals surface area contributed by atoms with Gasteiger partial charge in [0.15, 0.2) is 0 Å². The number of hydrogen-bond acceptors (Lipinski definition) is 3. The number of para-hydroxylation sites is 1. The van der Waals surface area contributed by atoms with E-state index < -0.39 is 11.6 Å². The maximum atomic E-state index is 13.4. The average molecular weight is 458 g/mol. The lowest BCUT2D eigenvalue weighted by Crippen LogP contribution is -2.46. The first-order valence-corrected chi connectivity index (χ1v) is 10.9. The monoisotopic (exact) mass is 457 g/mol. The van der Waals surface area contributed by atoms with E-state index in [2.05, 4.69) is 27.0 Å². The second kappa shape index (κ2) is 5.94. The highest BCUT2D eigenvalue weighted by Crippen LogP contribution is 2.47. The fraction of sp³-hybridized carbons (Fsp3) is 0.333. The van der Waals surface area contributed by atoms with E-state index in [9.17, 15) is 9.59 Å². The Hall–Kier alpha value is -2.12. The molecule has 0 saturated carbocycles. The van der Waals surface area contributed by atoms with Crippen LogP contribution in [0.15, 0.2) is 40.2 Å². The molecule has 1 aromatic carbocycles. The summed E-state index contributed by atoms with van der Waals surface area (Å²) in [5, 5.41) is 1.13. The molecule has 1 fully saturated rings. The first-order chi connectivity index (χ1) is 13.3. The van der Waals surface area contributed by atoms with Crippen molar-refractivity contribution in [2.75, 3.05) is 0 Å². The summed E-state index contributed by atoms with van der Waals surface area (Å²) in [7, 11) is 0. The van der Waals surface area contributed by atoms with Crippen LogP contribution in [0.2, 0.25) is 0 Å². The summed E-state index contributed by atoms with van der Waals surface area (Å²) in [6.07, 6.45) is 0.541. The highest BCUT2D eigenvalue weighted by atomic mass is 79.9. The van der Waals surface area contributed by atoms with Gasteiger partial charge in [-0.05, 0) is 60.5 Å². The number of aromatic amines is 1. The van der Waals surface area contributed by atoms with Gasteiger partial charge in [-0.25, -0.2) is 4.79 Å². The fourth-order valence-corrected chi connectivity index (χ4v) is 6.00. The van der Waals surface area contributed by atoms with E-state index in [0.29, 0.717) is 6.42 Å². The first-order valence-electron chi connectivity index (χ1n) is 9.28. The third kappa shape index (κ3) is 2.42. The number of rotatable bonds is 1. The minimum atomic E-state index is -0.554. The van der Waals surface area contributed by atoms with Crippen LogP contribution in [0.4, 0.5) is 4.79 Å². The number of imide groups is 1. The number of carbonyl (C=O) groups is 2. The molecule has 0 radical (unpaired) electrons. The number of aromatic nitrogens is 1. The number of H-pyrrole nitrogens is 1. The van der Waals surface area contributed by atoms with E-state index in [1.165, 1.54) is 4.90 Å². The summed E-state index contributed by atoms with van der Waals surface area (Å²) < 4.78 is 1.01. The molecule has 0 unspecified atom stereocenters. The molecule has 4 heterocycles. The minimum absolute atomic E-state index is 0.103. The van der Waals surface area contributed by atoms with Gasteiger partial charge in [0.25, 0.3) is 5.91 Å². The largest absolute Gasteiger partial charge is 0.356 e. The summed E-state index contributed by atoms with van der Waals surface area (Å²) >= 11 is 5.15. The number of nitrogens with zero attached hydrogens (tertiary/aromatic N) is 2. The summed E-state index contributed by atoms with van der Waals surface area (Å²) in [5.74, 6) is -0.103. The lowest BCUT2D eigenvalue weighted by atomic mass is 9.91. The van der Waals surface area contributed by atoms with Crippen LogP contribution in [-0.2, 0) is 11.2 Å². The molecule has 1 N–H and O–H groups in total. The minimum Gasteiger partial charge on any atom is -0.356 e. The molecule has 7 heteroatoms. The number of urea groups is 1. The zero-order valence-corrected chi connectivity index (χ0v) is 18.2. The number of nitrogens with one attached hydrogen (secondary N) is 1. The lowest BCUT2D eigenvalue weighted by molar-refractivity contribution is -0.131. The van der Waals surface area contributed by atoms with Gasteiger partial charge in [0.05, 0.1) is 3.79 Å². The molecule has 144 valence electrons. The van der Waals surface area contributed by atoms with E-state index in [1.807, 2.05) is 51.1 Å². The summed E-state index contributed by atoms with van der Waals surface area (Å²) in [4.78, 5) is 34.5. The third-order valence-corrected chi connectivity index (χ3v) is 7.26. The van der Waals surface area contributed by atoms with Crippen molar-refractivity contribution < 1.29 is 9.59 Å². The Kier molecular flexibility index (Phi) is 3.81. The van der Waals surface area contributed by atoms with Crippen molar-refractivity contribution in [3.05, 3.63) is 56.3 Å². The third-order valence-electron chi connectivity index (χ3n) is 5.58. The van der Waals surface area contributed by atoms with Gasteiger partial charge in [-0.3, -0.25) is 14.6 Å². The predicted octanol–water partition coefficient (Wildman–Crippen LogP) is 5.07. The molecule has 0 bridgehead atoms. The van der Waals surface area contributed by atoms with Gasteiger partial charge in [0, 0.05) is 33.4 Å². The smallest absolute Gasteiger partial charge is 0.328 e. The molecule has 5 rings (SSSR count). The van der Waals surface area contributed by atoms with Crippen LogP contribution in [0.25, 0.3) is 10.9 Å². The van der Waals surface area contributed by atoms with Crippen molar-refractivity contribution in [3.8, 4) is 0 Å². The Morgan fingerprint density at radius 1 is 1.14 bits per heavy atom. The van der Waals surface area contributed by atoms with Gasteiger partial charge in [-0.15, -0.1) is 11.3 Å². The van der Waals surface area contributed by atoms with Crippen molar-refractivity contribution in [1.82, 2.24) is 14.8 Å². The molecule has 2 aliphatic heterocycles. The molecule has 0 aliphatic carbocycles. The molecule has 28 heavy (non-hydrogen) atoms. The number of carbonyl (C=O) groups excluding carboxylic acids is 2. The van der Waals surface area contributed by atoms with Gasteiger partial charge in [0.2, 0.25) is 0 Å². The van der Waals surface area contributed by atoms with Crippen molar-refractivity contribution in [2.45, 2.75) is 44.8 Å². The standard InChI is InChI=1S/C21H20BrN3O2S/c1-21(2,3)25-19(26)14-10-12-11-6-4-5-7-13(11)23-17(12)18(24(14)20(25)27)15-8-9-16(22)28-15/h4-9,14,18,23H,10H2,1-3H3/t14-,18-/m1/s1. The Morgan fingerprint density at radius 3 is 2.57 bits per heavy atom. The topological polar surface area (TPSA) is 56.4 Å². The lowest BCUT2D eigenvalue weighted by Gasteiger charge is -2.35. The number of benzene rings is 1. The fourth-order valence-electron chi connectivity index (χ4n) is 4.47. The van der Waals surface area contributed by atoms with Crippen LogP contribution < -0.4 is 0 Å². The predicted molar refractivity (Wildman–Crippen MR) is 113 cm³/mol. The number of thiophene rings is 1. The average Bonchev–Trinajstić information content (AvgIpc) is 3.28. The van der Waals surface area contributed by atoms with Gasteiger partial charge >= 0.3 is 6.03 Å². The van der Waals surface area contributed by atoms with E-state index in [1.54, 1.807) is 16.2 Å². The van der Waals surface area contributed by atoms with Crippen LogP contribution in [-0.4, -0.2) is 38.3 Å². The van der Waals surface area contributed by atoms with E-state index >= 15 is 0 Å². The number of hydrogen-bond donors (Lipinski definition) is 1. The zero-order chi connectivity index (χ0) is 19.8. The number of fused-ring (bicyclic) bond motifs is 4. The quantitative estimate of drug-likeness (QED) is 0.518. The molecule has 2 atom stereocenters. The first kappa shape index (κ1) is 17.9. The second-order valence-electron chi connectivity index (χ2n) is 8.36. The van der Waals surface area contributed by atoms with E-state index in [0.717, 1.165) is 30.8 Å². The maximum absolute atomic E-state index is 13.4. The summed E-state index contributed by atoms with van der Waals surface area (Å²) in [6.45, 7) is 5.73. The zero-order valence-electron chi connectivity index (χ0n) is 15.8. The molecule has 2 aromatic heterocycles. The molecule has 2 aliphatic rings. The SMILES string of the molecule is CC(C)(C)N1C(=O)[C@H]2Cc3c([nH]c4ccccc34)[C@@H](c3ccc(Br)s3)N2C1=O. The molecule has 3 aromatic rings.